The summed E-state index contributed by atoms with van der Waals surface area (Å²) in [6, 6.07) is 12.9. The van der Waals surface area contributed by atoms with Crippen LogP contribution in [0.3, 0.4) is 0 Å². The van der Waals surface area contributed by atoms with Crippen LogP contribution in [0.5, 0.6) is 5.75 Å². The lowest BCUT2D eigenvalue weighted by molar-refractivity contribution is -0.115. The molecule has 1 fully saturated rings. The van der Waals surface area contributed by atoms with Gasteiger partial charge in [-0.25, -0.2) is 4.99 Å². The van der Waals surface area contributed by atoms with Crippen molar-refractivity contribution in [3.05, 3.63) is 58.1 Å². The number of carbonyl (C=O) groups excluding carboxylic acids is 1. The van der Waals surface area contributed by atoms with Crippen molar-refractivity contribution in [3.8, 4) is 5.75 Å². The number of benzene rings is 2. The van der Waals surface area contributed by atoms with Crippen LogP contribution >= 0.6 is 23.2 Å². The van der Waals surface area contributed by atoms with Gasteiger partial charge in [-0.2, -0.15) is 0 Å². The number of nitrogens with two attached hydrogens (primary N) is 1. The highest BCUT2D eigenvalue weighted by Crippen LogP contribution is 2.29. The summed E-state index contributed by atoms with van der Waals surface area (Å²) in [5, 5.41) is 4.49. The van der Waals surface area contributed by atoms with Gasteiger partial charge in [-0.1, -0.05) is 23.2 Å². The van der Waals surface area contributed by atoms with Crippen LogP contribution in [0.2, 0.25) is 10.0 Å². The molecule has 164 valence electrons. The molecule has 2 aliphatic heterocycles. The molecule has 3 N–H and O–H groups in total. The topological polar surface area (TPSA) is 80.0 Å². The van der Waals surface area contributed by atoms with Crippen molar-refractivity contribution in [1.29, 1.82) is 0 Å². The molecule has 4 rings (SSSR count). The average molecular weight is 461 g/mol. The monoisotopic (exact) mass is 460 g/mol. The fourth-order valence-corrected chi connectivity index (χ4v) is 4.27. The number of ether oxygens (including phenoxy) is 1. The second-order valence-electron chi connectivity index (χ2n) is 8.08. The van der Waals surface area contributed by atoms with E-state index in [1.54, 1.807) is 18.2 Å². The Bertz CT molecular complexity index is 957. The molecule has 0 aromatic heterocycles. The standard InChI is InChI=1S/C23H26Cl2N4O2/c24-16-1-4-20(5-2-16)31-14-18(26)13-29-9-7-19(8-10-29)27-23(30)22-12-15-11-17(25)3-6-21(15)28-22/h1-6,11,18-19H,7-10,12-14,26H2,(H,27,30). The molecule has 1 amide bonds. The number of halogens is 2. The second-order valence-corrected chi connectivity index (χ2v) is 8.95. The first-order valence-corrected chi connectivity index (χ1v) is 11.2. The van der Waals surface area contributed by atoms with Crippen molar-refractivity contribution in [2.45, 2.75) is 31.3 Å². The third-order valence-corrected chi connectivity index (χ3v) is 6.10. The van der Waals surface area contributed by atoms with Gasteiger partial charge in [-0.15, -0.1) is 0 Å². The predicted octanol–water partition coefficient (Wildman–Crippen LogP) is 3.61. The molecular weight excluding hydrogens is 435 g/mol. The van der Waals surface area contributed by atoms with Gasteiger partial charge in [0, 0.05) is 42.1 Å². The van der Waals surface area contributed by atoms with Gasteiger partial charge in [-0.05, 0) is 60.9 Å². The van der Waals surface area contributed by atoms with E-state index < -0.39 is 0 Å². The molecule has 2 aromatic carbocycles. The quantitative estimate of drug-likeness (QED) is 0.661. The zero-order valence-corrected chi connectivity index (χ0v) is 18.7. The highest BCUT2D eigenvalue weighted by Gasteiger charge is 2.26. The largest absolute Gasteiger partial charge is 0.492 e. The molecule has 8 heteroatoms. The number of nitrogens with one attached hydrogen (secondary N) is 1. The molecule has 0 radical (unpaired) electrons. The summed E-state index contributed by atoms with van der Waals surface area (Å²) in [5.74, 6) is 0.680. The summed E-state index contributed by atoms with van der Waals surface area (Å²) in [6.07, 6.45) is 2.31. The molecule has 2 aromatic rings. The molecular formula is C23H26Cl2N4O2. The van der Waals surface area contributed by atoms with Crippen LogP contribution in [0, 0.1) is 0 Å². The fourth-order valence-electron chi connectivity index (χ4n) is 3.95. The molecule has 0 bridgehead atoms. The third kappa shape index (κ3) is 5.98. The van der Waals surface area contributed by atoms with Gasteiger partial charge < -0.3 is 20.7 Å². The number of hydrogen-bond donors (Lipinski definition) is 2. The average Bonchev–Trinajstić information content (AvgIpc) is 3.18. The molecule has 6 nitrogen and oxygen atoms in total. The zero-order valence-electron chi connectivity index (χ0n) is 17.2. The summed E-state index contributed by atoms with van der Waals surface area (Å²) in [6.45, 7) is 2.99. The van der Waals surface area contributed by atoms with E-state index in [4.69, 9.17) is 33.7 Å². The highest BCUT2D eigenvalue weighted by molar-refractivity contribution is 6.41. The van der Waals surface area contributed by atoms with Gasteiger partial charge >= 0.3 is 0 Å². The van der Waals surface area contributed by atoms with Crippen molar-refractivity contribution >= 4 is 40.5 Å². The van der Waals surface area contributed by atoms with Crippen molar-refractivity contribution < 1.29 is 9.53 Å². The number of rotatable bonds is 7. The lowest BCUT2D eigenvalue weighted by Gasteiger charge is -2.33. The Balaban J connectivity index is 1.18. The first-order valence-electron chi connectivity index (χ1n) is 10.5. The molecule has 0 saturated carbocycles. The maximum absolute atomic E-state index is 12.6. The number of aliphatic imine (C=N–C) groups is 1. The molecule has 1 atom stereocenters. The Morgan fingerprint density at radius 2 is 1.87 bits per heavy atom. The van der Waals surface area contributed by atoms with Crippen LogP contribution in [0.15, 0.2) is 47.5 Å². The van der Waals surface area contributed by atoms with E-state index in [1.807, 2.05) is 24.3 Å². The maximum Gasteiger partial charge on any atom is 0.266 e. The minimum absolute atomic E-state index is 0.0833. The van der Waals surface area contributed by atoms with E-state index in [1.165, 1.54) is 0 Å². The number of likely N-dealkylation sites (tertiary alicyclic amines) is 1. The van der Waals surface area contributed by atoms with Crippen molar-refractivity contribution in [2.75, 3.05) is 26.2 Å². The number of hydrogen-bond acceptors (Lipinski definition) is 5. The number of amides is 1. The predicted molar refractivity (Wildman–Crippen MR) is 125 cm³/mol. The van der Waals surface area contributed by atoms with Crippen LogP contribution < -0.4 is 15.8 Å². The van der Waals surface area contributed by atoms with Gasteiger partial charge in [0.15, 0.2) is 0 Å². The number of carbonyl (C=O) groups is 1. The minimum atomic E-state index is -0.0844. The number of fused-ring (bicyclic) bond motifs is 1. The van der Waals surface area contributed by atoms with E-state index in [0.717, 1.165) is 49.5 Å². The zero-order chi connectivity index (χ0) is 21.8. The lowest BCUT2D eigenvalue weighted by atomic mass is 10.0. The number of nitrogens with zero attached hydrogens (tertiary/aromatic N) is 2. The van der Waals surface area contributed by atoms with Crippen molar-refractivity contribution in [3.63, 3.8) is 0 Å². The van der Waals surface area contributed by atoms with E-state index in [9.17, 15) is 4.79 Å². The van der Waals surface area contributed by atoms with Crippen LogP contribution in [0.4, 0.5) is 5.69 Å². The second kappa shape index (κ2) is 10.0. The maximum atomic E-state index is 12.6. The molecule has 0 spiro atoms. The first-order chi connectivity index (χ1) is 15.0. The fraction of sp³-hybridized carbons (Fsp3) is 0.391. The van der Waals surface area contributed by atoms with Crippen molar-refractivity contribution in [1.82, 2.24) is 10.2 Å². The molecule has 1 saturated heterocycles. The third-order valence-electron chi connectivity index (χ3n) is 5.61. The van der Waals surface area contributed by atoms with Crippen LogP contribution in [0.25, 0.3) is 0 Å². The van der Waals surface area contributed by atoms with Gasteiger partial charge in [0.1, 0.15) is 18.1 Å². The van der Waals surface area contributed by atoms with Crippen LogP contribution in [-0.2, 0) is 11.2 Å². The Morgan fingerprint density at radius 3 is 2.61 bits per heavy atom. The summed E-state index contributed by atoms with van der Waals surface area (Å²) in [5.41, 5.74) is 8.64. The minimum Gasteiger partial charge on any atom is -0.492 e. The smallest absolute Gasteiger partial charge is 0.266 e. The van der Waals surface area contributed by atoms with Crippen LogP contribution in [0.1, 0.15) is 18.4 Å². The van der Waals surface area contributed by atoms with Crippen LogP contribution in [-0.4, -0.2) is 54.8 Å². The molecule has 2 aliphatic rings. The molecule has 2 heterocycles. The summed E-state index contributed by atoms with van der Waals surface area (Å²) in [7, 11) is 0. The molecule has 31 heavy (non-hydrogen) atoms. The van der Waals surface area contributed by atoms with E-state index in [-0.39, 0.29) is 18.0 Å². The van der Waals surface area contributed by atoms with Gasteiger partial charge in [0.25, 0.3) is 5.91 Å². The van der Waals surface area contributed by atoms with Gasteiger partial charge in [0.05, 0.1) is 11.7 Å². The number of piperidine rings is 1. The Labute approximate surface area is 192 Å². The summed E-state index contributed by atoms with van der Waals surface area (Å²) >= 11 is 11.9. The SMILES string of the molecule is NC(COc1ccc(Cl)cc1)CN1CCC(NC(=O)C2=Nc3ccc(Cl)cc3C2)CC1. The summed E-state index contributed by atoms with van der Waals surface area (Å²) in [4.78, 5) is 19.4. The molecule has 0 aliphatic carbocycles. The van der Waals surface area contributed by atoms with Gasteiger partial charge in [-0.3, -0.25) is 4.79 Å². The first kappa shape index (κ1) is 22.1. The Kier molecular flexibility index (Phi) is 7.13. The normalized spacial score (nSPS) is 17.7. The van der Waals surface area contributed by atoms with E-state index in [2.05, 4.69) is 15.2 Å². The molecule has 1 unspecified atom stereocenters. The summed E-state index contributed by atoms with van der Waals surface area (Å²) < 4.78 is 5.74. The highest BCUT2D eigenvalue weighted by atomic mass is 35.5. The Hall–Kier alpha value is -2.12. The Morgan fingerprint density at radius 1 is 1.16 bits per heavy atom. The van der Waals surface area contributed by atoms with E-state index >= 15 is 0 Å². The van der Waals surface area contributed by atoms with Crippen molar-refractivity contribution in [2.24, 2.45) is 10.7 Å². The van der Waals surface area contributed by atoms with Gasteiger partial charge in [0.2, 0.25) is 0 Å². The lowest BCUT2D eigenvalue weighted by Crippen LogP contribution is -2.49. The van der Waals surface area contributed by atoms with E-state index in [0.29, 0.717) is 28.8 Å².